The van der Waals surface area contributed by atoms with E-state index in [9.17, 15) is 13.2 Å². The van der Waals surface area contributed by atoms with Gasteiger partial charge in [-0.05, 0) is 24.3 Å². The lowest BCUT2D eigenvalue weighted by Crippen LogP contribution is -2.24. The molecule has 3 rings (SSSR count). The fraction of sp³-hybridized carbons (Fsp3) is 0.0667. The predicted molar refractivity (Wildman–Crippen MR) is 98.4 cm³/mol. The molecule has 0 fully saturated rings. The van der Waals surface area contributed by atoms with Crippen LogP contribution in [0.3, 0.4) is 0 Å². The molecule has 0 atom stereocenters. The zero-order valence-electron chi connectivity index (χ0n) is 13.0. The monoisotopic (exact) mass is 414 g/mol. The molecule has 26 heavy (non-hydrogen) atoms. The molecule has 6 N–H and O–H groups in total. The summed E-state index contributed by atoms with van der Waals surface area (Å²) in [5, 5.41) is 0.0285. The zero-order valence-corrected chi connectivity index (χ0v) is 15.3. The Morgan fingerprint density at radius 3 is 2.38 bits per heavy atom. The Bertz CT molecular complexity index is 1080. The van der Waals surface area contributed by atoms with Crippen molar-refractivity contribution in [2.45, 2.75) is 10.6 Å². The Kier molecular flexibility index (Phi) is 4.47. The normalized spacial score (nSPS) is 14.4. The van der Waals surface area contributed by atoms with Gasteiger partial charge < -0.3 is 21.9 Å². The number of nitrogens with zero attached hydrogens (tertiary/aromatic N) is 1. The number of rotatable bonds is 1. The Morgan fingerprint density at radius 2 is 1.73 bits per heavy atom. The van der Waals surface area contributed by atoms with Crippen LogP contribution in [0.4, 0.5) is 5.69 Å². The van der Waals surface area contributed by atoms with Gasteiger partial charge in [0.25, 0.3) is 5.91 Å². The zero-order chi connectivity index (χ0) is 19.2. The molecule has 2 aromatic rings. The van der Waals surface area contributed by atoms with Gasteiger partial charge in [-0.15, -0.1) is 0 Å². The van der Waals surface area contributed by atoms with E-state index in [1.807, 2.05) is 0 Å². The van der Waals surface area contributed by atoms with Crippen molar-refractivity contribution in [1.82, 2.24) is 0 Å². The number of benzene rings is 2. The van der Waals surface area contributed by atoms with Gasteiger partial charge in [0.15, 0.2) is 27.3 Å². The number of hydrogen-bond acceptors (Lipinski definition) is 5. The highest BCUT2D eigenvalue weighted by Crippen LogP contribution is 2.45. The van der Waals surface area contributed by atoms with Crippen LogP contribution < -0.4 is 21.9 Å². The fourth-order valence-corrected chi connectivity index (χ4v) is 4.60. The number of hydrogen-bond donors (Lipinski definition) is 3. The summed E-state index contributed by atoms with van der Waals surface area (Å²) in [6.07, 6.45) is 0. The average molecular weight is 415 g/mol. The second kappa shape index (κ2) is 6.35. The van der Waals surface area contributed by atoms with Crippen molar-refractivity contribution in [2.24, 2.45) is 16.5 Å². The summed E-state index contributed by atoms with van der Waals surface area (Å²) in [5.74, 6) is -1.74. The number of nitrogens with two attached hydrogens (primary N) is 3. The molecule has 2 aromatic carbocycles. The second-order valence-electron chi connectivity index (χ2n) is 5.48. The SMILES string of the molecule is NC(N)=NC(=O)c1cc(Cl)c2c(c1)S(=O)(=O)Cc1cc(N)cc(Cl)c1O2. The Balaban J connectivity index is 2.24. The number of anilines is 1. The molecule has 1 heterocycles. The second-order valence-corrected chi connectivity index (χ2v) is 8.25. The molecule has 11 heteroatoms. The quantitative estimate of drug-likeness (QED) is 0.366. The van der Waals surface area contributed by atoms with Gasteiger partial charge in [0, 0.05) is 16.8 Å². The molecule has 0 bridgehead atoms. The van der Waals surface area contributed by atoms with Crippen LogP contribution in [0.15, 0.2) is 34.2 Å². The predicted octanol–water partition coefficient (Wildman–Crippen LogP) is 2.07. The van der Waals surface area contributed by atoms with E-state index < -0.39 is 27.5 Å². The van der Waals surface area contributed by atoms with E-state index in [1.165, 1.54) is 18.2 Å². The molecule has 0 aliphatic carbocycles. The van der Waals surface area contributed by atoms with Crippen molar-refractivity contribution in [1.29, 1.82) is 0 Å². The standard InChI is InChI=1S/C15H12Cl2N4O4S/c16-9-2-6(14(22)21-15(19)20)3-11-13(9)25-12-7(5-26(11,23)24)1-8(18)4-10(12)17/h1-4H,5,18H2,(H4,19,20,21,22). The van der Waals surface area contributed by atoms with Crippen LogP contribution in [0, 0.1) is 0 Å². The molecule has 1 amide bonds. The van der Waals surface area contributed by atoms with Crippen molar-refractivity contribution in [3.63, 3.8) is 0 Å². The van der Waals surface area contributed by atoms with E-state index in [0.29, 0.717) is 0 Å². The number of amides is 1. The highest BCUT2D eigenvalue weighted by Gasteiger charge is 2.31. The maximum Gasteiger partial charge on any atom is 0.280 e. The summed E-state index contributed by atoms with van der Waals surface area (Å²) >= 11 is 12.3. The van der Waals surface area contributed by atoms with E-state index in [4.69, 9.17) is 45.1 Å². The third-order valence-electron chi connectivity index (χ3n) is 3.51. The number of guanidine groups is 1. The van der Waals surface area contributed by atoms with E-state index in [0.717, 1.165) is 6.07 Å². The molecule has 136 valence electrons. The van der Waals surface area contributed by atoms with Crippen LogP contribution in [0.1, 0.15) is 15.9 Å². The van der Waals surface area contributed by atoms with Crippen molar-refractivity contribution in [2.75, 3.05) is 5.73 Å². The highest BCUT2D eigenvalue weighted by molar-refractivity contribution is 7.90. The number of halogens is 2. The topological polar surface area (TPSA) is 151 Å². The van der Waals surface area contributed by atoms with Crippen LogP contribution in [0.2, 0.25) is 10.0 Å². The van der Waals surface area contributed by atoms with Gasteiger partial charge in [-0.3, -0.25) is 4.79 Å². The van der Waals surface area contributed by atoms with Crippen LogP contribution in [0.25, 0.3) is 0 Å². The molecular weight excluding hydrogens is 403 g/mol. The first-order valence-electron chi connectivity index (χ1n) is 7.04. The van der Waals surface area contributed by atoms with Gasteiger partial charge in [0.1, 0.15) is 4.90 Å². The molecule has 8 nitrogen and oxygen atoms in total. The minimum absolute atomic E-state index is 0.106. The number of carbonyl (C=O) groups excluding carboxylic acids is 1. The molecule has 0 unspecified atom stereocenters. The minimum atomic E-state index is -3.92. The number of sulfone groups is 1. The average Bonchev–Trinajstić information content (AvgIpc) is 2.60. The third kappa shape index (κ3) is 3.28. The summed E-state index contributed by atoms with van der Waals surface area (Å²) < 4.78 is 31.3. The number of nitrogen functional groups attached to an aromatic ring is 1. The van der Waals surface area contributed by atoms with Gasteiger partial charge in [-0.1, -0.05) is 23.2 Å². The van der Waals surface area contributed by atoms with E-state index in [-0.39, 0.29) is 43.3 Å². The fourth-order valence-electron chi connectivity index (χ4n) is 2.48. The van der Waals surface area contributed by atoms with Gasteiger partial charge in [0.2, 0.25) is 0 Å². The van der Waals surface area contributed by atoms with Gasteiger partial charge in [-0.25, -0.2) is 8.42 Å². The Hall–Kier alpha value is -2.49. The number of aliphatic imine (C=N–C) groups is 1. The first-order valence-corrected chi connectivity index (χ1v) is 9.45. The van der Waals surface area contributed by atoms with Gasteiger partial charge in [0.05, 0.1) is 15.8 Å². The summed E-state index contributed by atoms with van der Waals surface area (Å²) in [5.41, 5.74) is 16.5. The molecule has 0 spiro atoms. The van der Waals surface area contributed by atoms with Gasteiger partial charge in [-0.2, -0.15) is 4.99 Å². The minimum Gasteiger partial charge on any atom is -0.453 e. The van der Waals surface area contributed by atoms with Crippen molar-refractivity contribution in [3.05, 3.63) is 45.4 Å². The number of ether oxygens (including phenoxy) is 1. The molecule has 0 saturated heterocycles. The largest absolute Gasteiger partial charge is 0.453 e. The number of fused-ring (bicyclic) bond motifs is 2. The molecular formula is C15H12Cl2N4O4S. The van der Waals surface area contributed by atoms with Gasteiger partial charge >= 0.3 is 0 Å². The first kappa shape index (κ1) is 18.3. The maximum absolute atomic E-state index is 12.8. The molecule has 1 aliphatic heterocycles. The lowest BCUT2D eigenvalue weighted by Gasteiger charge is -2.12. The van der Waals surface area contributed by atoms with E-state index in [2.05, 4.69) is 4.99 Å². The van der Waals surface area contributed by atoms with Crippen molar-refractivity contribution in [3.8, 4) is 11.5 Å². The lowest BCUT2D eigenvalue weighted by molar-refractivity contribution is 0.100. The highest BCUT2D eigenvalue weighted by atomic mass is 35.5. The summed E-state index contributed by atoms with van der Waals surface area (Å²) in [4.78, 5) is 15.1. The lowest BCUT2D eigenvalue weighted by atomic mass is 10.2. The van der Waals surface area contributed by atoms with Crippen LogP contribution in [-0.4, -0.2) is 20.3 Å². The summed E-state index contributed by atoms with van der Waals surface area (Å²) in [7, 11) is -3.92. The molecule has 0 radical (unpaired) electrons. The van der Waals surface area contributed by atoms with Crippen LogP contribution in [0.5, 0.6) is 11.5 Å². The number of carbonyl (C=O) groups is 1. The summed E-state index contributed by atoms with van der Waals surface area (Å²) in [6, 6.07) is 5.20. The third-order valence-corrected chi connectivity index (χ3v) is 5.74. The smallest absolute Gasteiger partial charge is 0.280 e. The van der Waals surface area contributed by atoms with Crippen molar-refractivity contribution < 1.29 is 17.9 Å². The molecule has 1 aliphatic rings. The Labute approximate surface area is 158 Å². The van der Waals surface area contributed by atoms with Crippen LogP contribution in [-0.2, 0) is 15.6 Å². The summed E-state index contributed by atoms with van der Waals surface area (Å²) in [6.45, 7) is 0. The molecule has 0 aromatic heterocycles. The van der Waals surface area contributed by atoms with Crippen molar-refractivity contribution >= 4 is 50.6 Å². The Morgan fingerprint density at radius 1 is 1.08 bits per heavy atom. The van der Waals surface area contributed by atoms with E-state index in [1.54, 1.807) is 0 Å². The van der Waals surface area contributed by atoms with Crippen LogP contribution >= 0.6 is 23.2 Å². The maximum atomic E-state index is 12.8. The molecule has 0 saturated carbocycles. The first-order chi connectivity index (χ1) is 12.1. The van der Waals surface area contributed by atoms with E-state index >= 15 is 0 Å².